The van der Waals surface area contributed by atoms with Crippen molar-refractivity contribution in [1.29, 1.82) is 10.5 Å². The minimum Gasteiger partial charge on any atom is -0.483 e. The zero-order valence-electron chi connectivity index (χ0n) is 49.5. The average molecular weight is 1240 g/mol. The Morgan fingerprint density at radius 2 is 0.944 bits per heavy atom. The molecule has 6 aliphatic heterocycles. The Balaban J connectivity index is 0.000000185. The number of ether oxygens (including phenoxy) is 4. The lowest BCUT2D eigenvalue weighted by Crippen LogP contribution is -2.56. The van der Waals surface area contributed by atoms with Gasteiger partial charge in [-0.25, -0.2) is 37.5 Å². The van der Waals surface area contributed by atoms with E-state index in [1.807, 2.05) is 36.4 Å². The fraction of sp³-hybridized carbons (Fsp3) is 0.452. The summed E-state index contributed by atoms with van der Waals surface area (Å²) in [5, 5.41) is 44.9. The second-order valence-corrected chi connectivity index (χ2v) is 22.9. The van der Waals surface area contributed by atoms with Gasteiger partial charge in [0.05, 0.1) is 62.7 Å². The summed E-state index contributed by atoms with van der Waals surface area (Å²) in [5.41, 5.74) is 4.92. The number of likely N-dealkylation sites (tertiary alicyclic amines) is 2. The first-order valence-corrected chi connectivity index (χ1v) is 29.8. The zero-order valence-corrected chi connectivity index (χ0v) is 49.5. The minimum absolute atomic E-state index is 0.000879. The Bertz CT molecular complexity index is 3340. The molecule has 6 saturated heterocycles. The van der Waals surface area contributed by atoms with E-state index >= 15 is 0 Å². The van der Waals surface area contributed by atoms with Crippen LogP contribution < -0.4 is 29.9 Å². The third-order valence-corrected chi connectivity index (χ3v) is 16.7. The van der Waals surface area contributed by atoms with E-state index in [2.05, 4.69) is 84.4 Å². The van der Waals surface area contributed by atoms with Crippen molar-refractivity contribution in [3.05, 3.63) is 109 Å². The Morgan fingerprint density at radius 1 is 0.567 bits per heavy atom. The number of nitriles is 2. The number of amides is 2. The molecule has 4 atom stereocenters. The van der Waals surface area contributed by atoms with Crippen molar-refractivity contribution in [2.75, 3.05) is 125 Å². The van der Waals surface area contributed by atoms with Crippen LogP contribution in [0.4, 0.5) is 52.2 Å². The van der Waals surface area contributed by atoms with Gasteiger partial charge in [0.25, 0.3) is 11.8 Å². The molecular weight excluding hydrogens is 1170 g/mol. The van der Waals surface area contributed by atoms with Crippen LogP contribution in [-0.2, 0) is 19.1 Å². The largest absolute Gasteiger partial charge is 0.483 e. The maximum absolute atomic E-state index is 14.9. The fourth-order valence-corrected chi connectivity index (χ4v) is 11.4. The lowest BCUT2D eigenvalue weighted by molar-refractivity contribution is -0.165. The molecule has 0 unspecified atom stereocenters. The number of benzene rings is 4. The van der Waals surface area contributed by atoms with Crippen molar-refractivity contribution in [3.8, 4) is 46.4 Å². The standard InChI is InChI=1S/2C31H34F2N8O4/c2*1-20(42)29(43)41-9-8-27(31(32,33)18-41)45-26-7-2-21(14-22(26)15-34)28-35-19-36-30(38-28)37-23-3-5-24(6-4-23)39-10-12-40(13-11-39)25-16-44-17-25/h2*2-7,14,19-20,25,27,42H,8-13,16-18H2,1H3,(H,35,36,37,38)/t20-,27+;20-,27-/m11/s1. The highest BCUT2D eigenvalue weighted by Crippen LogP contribution is 2.37. The molecule has 0 saturated carbocycles. The Kier molecular flexibility index (Phi) is 19.1. The SMILES string of the molecule is C[C@@H](O)C(=O)N1CC[C@@H](Oc2ccc(-c3ncnc(Nc4ccc(N5CCN(C6COC6)CC5)cc4)n3)cc2C#N)C(F)(F)C1.C[C@@H](O)C(=O)N1CC[C@H](Oc2ccc(-c3ncnc(Nc4ccc(N5CCN(C6COC6)CC5)cc4)n3)cc2C#N)C(F)(F)C1. The Morgan fingerprint density at radius 3 is 1.27 bits per heavy atom. The molecule has 0 bridgehead atoms. The Labute approximate surface area is 516 Å². The van der Waals surface area contributed by atoms with Gasteiger partial charge in [-0.15, -0.1) is 0 Å². The van der Waals surface area contributed by atoms with Crippen molar-refractivity contribution in [1.82, 2.24) is 49.5 Å². The maximum atomic E-state index is 14.9. The van der Waals surface area contributed by atoms with Gasteiger partial charge >= 0.3 is 11.8 Å². The van der Waals surface area contributed by atoms with Crippen molar-refractivity contribution in [3.63, 3.8) is 0 Å². The molecular formula is C62H68F4N16O8. The van der Waals surface area contributed by atoms with Gasteiger partial charge in [0.1, 0.15) is 48.5 Å². The lowest BCUT2D eigenvalue weighted by atomic mass is 10.0. The summed E-state index contributed by atoms with van der Waals surface area (Å²) in [4.78, 5) is 61.4. The average Bonchev–Trinajstić information content (AvgIpc) is 1.28. The van der Waals surface area contributed by atoms with Gasteiger partial charge in [0.15, 0.2) is 23.9 Å². The normalized spacial score (nSPS) is 21.0. The zero-order chi connectivity index (χ0) is 63.1. The summed E-state index contributed by atoms with van der Waals surface area (Å²) >= 11 is 0. The van der Waals surface area contributed by atoms with E-state index in [1.165, 1.54) is 50.8 Å². The van der Waals surface area contributed by atoms with Crippen molar-refractivity contribution in [2.45, 2.75) is 75.0 Å². The van der Waals surface area contributed by atoms with Crippen LogP contribution in [0, 0.1) is 22.7 Å². The number of aliphatic hydroxyl groups excluding tert-OH is 2. The van der Waals surface area contributed by atoms with Gasteiger partial charge in [-0.1, -0.05) is 0 Å². The third-order valence-electron chi connectivity index (χ3n) is 16.7. The number of nitrogens with zero attached hydrogens (tertiary/aromatic N) is 14. The molecule has 4 aromatic carbocycles. The van der Waals surface area contributed by atoms with E-state index in [0.29, 0.717) is 35.1 Å². The van der Waals surface area contributed by atoms with Gasteiger partial charge in [0.2, 0.25) is 11.9 Å². The van der Waals surface area contributed by atoms with Gasteiger partial charge in [0, 0.05) is 112 Å². The van der Waals surface area contributed by atoms with Crippen molar-refractivity contribution < 1.29 is 56.3 Å². The monoisotopic (exact) mass is 1240 g/mol. The predicted molar refractivity (Wildman–Crippen MR) is 321 cm³/mol. The Hall–Kier alpha value is -8.90. The lowest BCUT2D eigenvalue weighted by Gasteiger charge is -2.43. The molecule has 2 amide bonds. The van der Waals surface area contributed by atoms with Gasteiger partial charge in [-0.05, 0) is 98.8 Å². The van der Waals surface area contributed by atoms with Crippen LogP contribution >= 0.6 is 0 Å². The summed E-state index contributed by atoms with van der Waals surface area (Å²) in [7, 11) is 0. The van der Waals surface area contributed by atoms with E-state index in [0.717, 1.165) is 111 Å². The summed E-state index contributed by atoms with van der Waals surface area (Å²) < 4.78 is 81.4. The highest BCUT2D eigenvalue weighted by molar-refractivity contribution is 5.81. The number of alkyl halides is 4. The number of carbonyl (C=O) groups is 2. The highest BCUT2D eigenvalue weighted by Gasteiger charge is 2.50. The van der Waals surface area contributed by atoms with Crippen LogP contribution in [0.1, 0.15) is 37.8 Å². The molecule has 2 aromatic heterocycles. The van der Waals surface area contributed by atoms with E-state index < -0.39 is 61.2 Å². The quantitative estimate of drug-likeness (QED) is 0.0890. The number of piperidine rings is 2. The molecule has 0 spiro atoms. The van der Waals surface area contributed by atoms with E-state index in [-0.39, 0.29) is 60.2 Å². The number of aliphatic hydroxyl groups is 2. The molecule has 8 heterocycles. The first kappa shape index (κ1) is 62.7. The number of halogens is 4. The smallest absolute Gasteiger partial charge is 0.301 e. The van der Waals surface area contributed by atoms with Gasteiger partial charge in [-0.3, -0.25) is 19.4 Å². The maximum Gasteiger partial charge on any atom is 0.301 e. The molecule has 0 aliphatic carbocycles. The third kappa shape index (κ3) is 14.7. The van der Waals surface area contributed by atoms with Crippen molar-refractivity contribution in [2.24, 2.45) is 0 Å². The van der Waals surface area contributed by atoms with Crippen LogP contribution in [0.25, 0.3) is 22.8 Å². The molecule has 6 aliphatic rings. The van der Waals surface area contributed by atoms with Crippen LogP contribution in [0.5, 0.6) is 11.5 Å². The van der Waals surface area contributed by atoms with E-state index in [9.17, 15) is 47.9 Å². The van der Waals surface area contributed by atoms with E-state index in [4.69, 9.17) is 18.9 Å². The fourth-order valence-electron chi connectivity index (χ4n) is 11.4. The number of nitrogens with one attached hydrogen (secondary N) is 2. The summed E-state index contributed by atoms with van der Waals surface area (Å²) in [6, 6.07) is 30.2. The number of carbonyl (C=O) groups excluding carboxylic acids is 2. The molecule has 6 fully saturated rings. The number of hydrogen-bond acceptors (Lipinski definition) is 22. The number of rotatable bonds is 16. The second kappa shape index (κ2) is 27.5. The molecule has 4 N–H and O–H groups in total. The molecule has 28 heteroatoms. The molecule has 12 rings (SSSR count). The first-order chi connectivity index (χ1) is 43.4. The molecule has 90 heavy (non-hydrogen) atoms. The van der Waals surface area contributed by atoms with Gasteiger partial charge < -0.3 is 59.4 Å². The topological polar surface area (TPSA) is 280 Å². The molecule has 0 radical (unpaired) electrons. The first-order valence-electron chi connectivity index (χ1n) is 29.8. The van der Waals surface area contributed by atoms with Gasteiger partial charge in [-0.2, -0.15) is 20.5 Å². The molecule has 6 aromatic rings. The minimum atomic E-state index is -3.37. The predicted octanol–water partition coefficient (Wildman–Crippen LogP) is 5.34. The van der Waals surface area contributed by atoms with Crippen LogP contribution in [0.15, 0.2) is 97.6 Å². The van der Waals surface area contributed by atoms with E-state index in [1.54, 1.807) is 12.1 Å². The van der Waals surface area contributed by atoms with Crippen LogP contribution in [0.3, 0.4) is 0 Å². The van der Waals surface area contributed by atoms with Crippen molar-refractivity contribution >= 4 is 46.5 Å². The summed E-state index contributed by atoms with van der Waals surface area (Å²) in [6.07, 6.45) is -3.43. The summed E-state index contributed by atoms with van der Waals surface area (Å²) in [5.74, 6) is -7.09. The number of aromatic nitrogens is 6. The van der Waals surface area contributed by atoms with Crippen LogP contribution in [0.2, 0.25) is 0 Å². The highest BCUT2D eigenvalue weighted by atomic mass is 19.3. The summed E-state index contributed by atoms with van der Waals surface area (Å²) in [6.45, 7) is 11.9. The van der Waals surface area contributed by atoms with Crippen LogP contribution in [-0.4, -0.2) is 225 Å². The molecule has 24 nitrogen and oxygen atoms in total. The number of anilines is 6. The number of piperazine rings is 2. The number of hydrogen-bond donors (Lipinski definition) is 4. The molecule has 472 valence electrons. The second-order valence-electron chi connectivity index (χ2n) is 22.9.